The number of carbonyl (C=O) groups is 1. The van der Waals surface area contributed by atoms with E-state index in [4.69, 9.17) is 4.74 Å². The van der Waals surface area contributed by atoms with E-state index >= 15 is 0 Å². The Hall–Kier alpha value is -2.63. The lowest BCUT2D eigenvalue weighted by Crippen LogP contribution is -2.49. The molecule has 0 N–H and O–H groups in total. The minimum Gasteiger partial charge on any atom is -0.477 e. The molecule has 1 aromatic heterocycles. The highest BCUT2D eigenvalue weighted by molar-refractivity contribution is 5.94. The van der Waals surface area contributed by atoms with Crippen molar-refractivity contribution in [3.63, 3.8) is 0 Å². The van der Waals surface area contributed by atoms with Gasteiger partial charge in [-0.3, -0.25) is 4.79 Å². The third-order valence-corrected chi connectivity index (χ3v) is 4.28. The van der Waals surface area contributed by atoms with Crippen molar-refractivity contribution in [2.75, 3.05) is 37.7 Å². The lowest BCUT2D eigenvalue weighted by Gasteiger charge is -2.35. The van der Waals surface area contributed by atoms with E-state index in [9.17, 15) is 4.79 Å². The van der Waals surface area contributed by atoms with Crippen molar-refractivity contribution in [1.29, 1.82) is 0 Å². The molecule has 1 fully saturated rings. The first-order valence-corrected chi connectivity index (χ1v) is 8.66. The lowest BCUT2D eigenvalue weighted by molar-refractivity contribution is 0.0746. The van der Waals surface area contributed by atoms with Crippen LogP contribution in [0, 0.1) is 13.8 Å². The first-order valence-electron chi connectivity index (χ1n) is 8.66. The van der Waals surface area contributed by atoms with Crippen LogP contribution in [0.25, 0.3) is 0 Å². The van der Waals surface area contributed by atoms with Crippen LogP contribution < -0.4 is 9.64 Å². The molecule has 0 radical (unpaired) electrons. The van der Waals surface area contributed by atoms with Gasteiger partial charge in [-0.05, 0) is 39.0 Å². The number of aryl methyl sites for hydroxylation is 2. The zero-order valence-corrected chi connectivity index (χ0v) is 15.0. The summed E-state index contributed by atoms with van der Waals surface area (Å²) in [7, 11) is 0. The second-order valence-corrected chi connectivity index (χ2v) is 6.32. The van der Waals surface area contributed by atoms with Crippen LogP contribution in [0.1, 0.15) is 28.4 Å². The van der Waals surface area contributed by atoms with E-state index in [1.165, 1.54) is 0 Å². The van der Waals surface area contributed by atoms with Gasteiger partial charge in [-0.15, -0.1) is 10.2 Å². The molecule has 0 atom stereocenters. The first kappa shape index (κ1) is 17.2. The van der Waals surface area contributed by atoms with Gasteiger partial charge in [0.15, 0.2) is 5.82 Å². The number of nitrogens with zero attached hydrogens (tertiary/aromatic N) is 4. The third kappa shape index (κ3) is 4.07. The number of amides is 1. The summed E-state index contributed by atoms with van der Waals surface area (Å²) in [5, 5.41) is 8.29. The monoisotopic (exact) mass is 340 g/mol. The van der Waals surface area contributed by atoms with Gasteiger partial charge >= 0.3 is 0 Å². The summed E-state index contributed by atoms with van der Waals surface area (Å²) in [4.78, 5) is 16.8. The average Bonchev–Trinajstić information content (AvgIpc) is 2.61. The standard InChI is InChI=1S/C19H24N4O2/c1-4-25-18-6-5-17(20-21-18)22-7-9-23(10-8-22)19(24)16-12-14(2)11-15(3)13-16/h5-6,11-13H,4,7-10H2,1-3H3. The fourth-order valence-corrected chi connectivity index (χ4v) is 3.13. The largest absolute Gasteiger partial charge is 0.477 e. The maximum Gasteiger partial charge on any atom is 0.253 e. The molecule has 132 valence electrons. The van der Waals surface area contributed by atoms with Crippen molar-refractivity contribution in [2.24, 2.45) is 0 Å². The van der Waals surface area contributed by atoms with Gasteiger partial charge in [-0.1, -0.05) is 17.2 Å². The van der Waals surface area contributed by atoms with Gasteiger partial charge in [0.25, 0.3) is 5.91 Å². The Labute approximate surface area is 148 Å². The van der Waals surface area contributed by atoms with Gasteiger partial charge in [0, 0.05) is 37.8 Å². The van der Waals surface area contributed by atoms with Gasteiger partial charge in [-0.2, -0.15) is 0 Å². The Morgan fingerprint density at radius 3 is 2.28 bits per heavy atom. The highest BCUT2D eigenvalue weighted by Gasteiger charge is 2.23. The molecule has 0 spiro atoms. The molecule has 25 heavy (non-hydrogen) atoms. The number of anilines is 1. The fourth-order valence-electron chi connectivity index (χ4n) is 3.13. The van der Waals surface area contributed by atoms with Gasteiger partial charge in [0.05, 0.1) is 6.61 Å². The summed E-state index contributed by atoms with van der Waals surface area (Å²) >= 11 is 0. The van der Waals surface area contributed by atoms with Crippen molar-refractivity contribution in [3.8, 4) is 5.88 Å². The van der Waals surface area contributed by atoms with Crippen LogP contribution in [-0.4, -0.2) is 53.8 Å². The Bertz CT molecular complexity index is 717. The van der Waals surface area contributed by atoms with Crippen LogP contribution in [-0.2, 0) is 0 Å². The predicted molar refractivity (Wildman–Crippen MR) is 97.2 cm³/mol. The minimum atomic E-state index is 0.101. The molecule has 1 aliphatic heterocycles. The number of rotatable bonds is 4. The Morgan fingerprint density at radius 1 is 1.04 bits per heavy atom. The summed E-state index contributed by atoms with van der Waals surface area (Å²) < 4.78 is 5.32. The van der Waals surface area contributed by atoms with E-state index in [1.54, 1.807) is 0 Å². The van der Waals surface area contributed by atoms with E-state index in [0.717, 1.165) is 35.6 Å². The average molecular weight is 340 g/mol. The highest BCUT2D eigenvalue weighted by atomic mass is 16.5. The molecule has 6 nitrogen and oxygen atoms in total. The normalized spacial score (nSPS) is 14.5. The van der Waals surface area contributed by atoms with E-state index in [-0.39, 0.29) is 5.91 Å². The van der Waals surface area contributed by atoms with Crippen molar-refractivity contribution in [2.45, 2.75) is 20.8 Å². The Kier molecular flexibility index (Phi) is 5.16. The van der Waals surface area contributed by atoms with Crippen molar-refractivity contribution in [3.05, 3.63) is 47.0 Å². The second-order valence-electron chi connectivity index (χ2n) is 6.32. The summed E-state index contributed by atoms with van der Waals surface area (Å²) in [5.41, 5.74) is 3.00. The number of hydrogen-bond donors (Lipinski definition) is 0. The second kappa shape index (κ2) is 7.51. The molecule has 1 amide bonds. The number of aromatic nitrogens is 2. The number of carbonyl (C=O) groups excluding carboxylic acids is 1. The quantitative estimate of drug-likeness (QED) is 0.856. The number of piperazine rings is 1. The van der Waals surface area contributed by atoms with E-state index < -0.39 is 0 Å². The molecule has 1 aliphatic rings. The maximum atomic E-state index is 12.7. The molecule has 0 aliphatic carbocycles. The van der Waals surface area contributed by atoms with Gasteiger partial charge in [-0.25, -0.2) is 0 Å². The molecular formula is C19H24N4O2. The minimum absolute atomic E-state index is 0.101. The first-order chi connectivity index (χ1) is 12.1. The van der Waals surface area contributed by atoms with Gasteiger partial charge in [0.2, 0.25) is 5.88 Å². The molecule has 0 saturated carbocycles. The van der Waals surface area contributed by atoms with E-state index in [2.05, 4.69) is 21.2 Å². The topological polar surface area (TPSA) is 58.6 Å². The molecular weight excluding hydrogens is 316 g/mol. The summed E-state index contributed by atoms with van der Waals surface area (Å²) in [6, 6.07) is 9.75. The summed E-state index contributed by atoms with van der Waals surface area (Å²) in [5.74, 6) is 1.46. The molecule has 2 heterocycles. The van der Waals surface area contributed by atoms with Crippen molar-refractivity contribution in [1.82, 2.24) is 15.1 Å². The van der Waals surface area contributed by atoms with Crippen LogP contribution in [0.3, 0.4) is 0 Å². The summed E-state index contributed by atoms with van der Waals surface area (Å²) in [6.07, 6.45) is 0. The smallest absolute Gasteiger partial charge is 0.253 e. The van der Waals surface area contributed by atoms with Gasteiger partial charge in [0.1, 0.15) is 0 Å². The Morgan fingerprint density at radius 2 is 1.72 bits per heavy atom. The van der Waals surface area contributed by atoms with E-state index in [1.807, 2.05) is 49.9 Å². The molecule has 0 bridgehead atoms. The van der Waals surface area contributed by atoms with Crippen LogP contribution in [0.2, 0.25) is 0 Å². The molecule has 1 aromatic carbocycles. The molecule has 2 aromatic rings. The number of benzene rings is 1. The van der Waals surface area contributed by atoms with Crippen molar-refractivity contribution < 1.29 is 9.53 Å². The fraction of sp³-hybridized carbons (Fsp3) is 0.421. The maximum absolute atomic E-state index is 12.7. The lowest BCUT2D eigenvalue weighted by atomic mass is 10.1. The molecule has 6 heteroatoms. The van der Waals surface area contributed by atoms with Gasteiger partial charge < -0.3 is 14.5 Å². The SMILES string of the molecule is CCOc1ccc(N2CCN(C(=O)c3cc(C)cc(C)c3)CC2)nn1. The number of ether oxygens (including phenoxy) is 1. The predicted octanol–water partition coefficient (Wildman–Crippen LogP) is 2.45. The summed E-state index contributed by atoms with van der Waals surface area (Å²) in [6.45, 7) is 9.40. The van der Waals surface area contributed by atoms with Crippen LogP contribution >= 0.6 is 0 Å². The number of hydrogen-bond acceptors (Lipinski definition) is 5. The zero-order chi connectivity index (χ0) is 17.8. The third-order valence-electron chi connectivity index (χ3n) is 4.28. The molecule has 3 rings (SSSR count). The van der Waals surface area contributed by atoms with E-state index in [0.29, 0.717) is 25.6 Å². The molecule has 0 unspecified atom stereocenters. The van der Waals surface area contributed by atoms with Crippen LogP contribution in [0.5, 0.6) is 5.88 Å². The van der Waals surface area contributed by atoms with Crippen molar-refractivity contribution >= 4 is 11.7 Å². The Balaban J connectivity index is 1.62. The van der Waals surface area contributed by atoms with Crippen LogP contribution in [0.4, 0.5) is 5.82 Å². The zero-order valence-electron chi connectivity index (χ0n) is 15.0. The van der Waals surface area contributed by atoms with Crippen LogP contribution in [0.15, 0.2) is 30.3 Å². The highest BCUT2D eigenvalue weighted by Crippen LogP contribution is 2.17. The molecule has 1 saturated heterocycles.